The summed E-state index contributed by atoms with van der Waals surface area (Å²) in [4.78, 5) is 8.91. The zero-order valence-corrected chi connectivity index (χ0v) is 12.4. The number of anilines is 1. The Morgan fingerprint density at radius 3 is 2.89 bits per heavy atom. The predicted octanol–water partition coefficient (Wildman–Crippen LogP) is 2.86. The molecule has 0 spiro atoms. The van der Waals surface area contributed by atoms with Gasteiger partial charge in [-0.25, -0.2) is 4.98 Å². The largest absolute Gasteiger partial charge is 0.358 e. The Kier molecular flexibility index (Phi) is 4.71. The van der Waals surface area contributed by atoms with Crippen LogP contribution in [0, 0.1) is 5.92 Å². The van der Waals surface area contributed by atoms with Gasteiger partial charge in [0.2, 0.25) is 0 Å². The van der Waals surface area contributed by atoms with Crippen molar-refractivity contribution in [1.29, 1.82) is 0 Å². The Morgan fingerprint density at radius 2 is 2.33 bits per heavy atom. The van der Waals surface area contributed by atoms with Crippen LogP contribution in [-0.4, -0.2) is 43.6 Å². The summed E-state index contributed by atoms with van der Waals surface area (Å²) in [5.41, 5.74) is 0.958. The molecule has 100 valence electrons. The predicted molar refractivity (Wildman–Crippen MR) is 77.7 cm³/mol. The molecule has 0 aromatic carbocycles. The number of aromatic nitrogens is 1. The Morgan fingerprint density at radius 1 is 1.56 bits per heavy atom. The van der Waals surface area contributed by atoms with Crippen LogP contribution in [0.3, 0.4) is 0 Å². The molecule has 0 amide bonds. The average molecular weight is 288 g/mol. The molecule has 5 heteroatoms. The molecule has 1 saturated heterocycles. The van der Waals surface area contributed by atoms with Crippen LogP contribution in [0.4, 0.5) is 5.82 Å². The van der Waals surface area contributed by atoms with Gasteiger partial charge in [-0.15, -0.1) is 11.6 Å². The molecule has 1 aliphatic rings. The smallest absolute Gasteiger partial charge is 0.147 e. The van der Waals surface area contributed by atoms with E-state index >= 15 is 0 Å². The van der Waals surface area contributed by atoms with E-state index in [1.807, 2.05) is 13.1 Å². The monoisotopic (exact) mass is 287 g/mol. The molecule has 0 aliphatic carbocycles. The van der Waals surface area contributed by atoms with Crippen molar-refractivity contribution < 1.29 is 0 Å². The lowest BCUT2D eigenvalue weighted by Crippen LogP contribution is -2.28. The molecule has 0 radical (unpaired) electrons. The van der Waals surface area contributed by atoms with Crippen LogP contribution in [0.2, 0.25) is 5.02 Å². The van der Waals surface area contributed by atoms with E-state index in [9.17, 15) is 0 Å². The lowest BCUT2D eigenvalue weighted by Gasteiger charge is -2.23. The highest BCUT2D eigenvalue weighted by atomic mass is 35.5. The second kappa shape index (κ2) is 6.09. The number of pyridine rings is 1. The van der Waals surface area contributed by atoms with Crippen LogP contribution in [-0.2, 0) is 5.88 Å². The molecular weight excluding hydrogens is 269 g/mol. The number of rotatable bonds is 4. The second-order valence-corrected chi connectivity index (χ2v) is 5.75. The van der Waals surface area contributed by atoms with Gasteiger partial charge in [0.25, 0.3) is 0 Å². The first kappa shape index (κ1) is 13.9. The summed E-state index contributed by atoms with van der Waals surface area (Å²) in [7, 11) is 4.22. The molecule has 18 heavy (non-hydrogen) atoms. The second-order valence-electron chi connectivity index (χ2n) is 5.08. The number of nitrogens with zero attached hydrogens (tertiary/aromatic N) is 3. The van der Waals surface area contributed by atoms with Crippen molar-refractivity contribution in [3.05, 3.63) is 22.8 Å². The quantitative estimate of drug-likeness (QED) is 0.794. The minimum Gasteiger partial charge on any atom is -0.358 e. The van der Waals surface area contributed by atoms with E-state index < -0.39 is 0 Å². The third-order valence-corrected chi connectivity index (χ3v) is 4.00. The molecule has 0 bridgehead atoms. The highest BCUT2D eigenvalue weighted by molar-refractivity contribution is 6.33. The van der Waals surface area contributed by atoms with E-state index in [1.54, 1.807) is 6.20 Å². The van der Waals surface area contributed by atoms with Crippen molar-refractivity contribution in [2.24, 2.45) is 5.92 Å². The first-order chi connectivity index (χ1) is 8.60. The van der Waals surface area contributed by atoms with Gasteiger partial charge in [-0.3, -0.25) is 0 Å². The van der Waals surface area contributed by atoms with E-state index in [0.717, 1.165) is 24.5 Å². The third-order valence-electron chi connectivity index (χ3n) is 3.42. The van der Waals surface area contributed by atoms with Gasteiger partial charge in [-0.05, 0) is 37.6 Å². The molecule has 1 aromatic rings. The average Bonchev–Trinajstić information content (AvgIpc) is 2.74. The summed E-state index contributed by atoms with van der Waals surface area (Å²) in [6, 6.07) is 1.90. The zero-order chi connectivity index (χ0) is 13.1. The first-order valence-electron chi connectivity index (χ1n) is 6.20. The number of alkyl halides is 1. The van der Waals surface area contributed by atoms with Gasteiger partial charge in [-0.2, -0.15) is 0 Å². The highest BCUT2D eigenvalue weighted by Gasteiger charge is 2.21. The fourth-order valence-corrected chi connectivity index (χ4v) is 2.95. The van der Waals surface area contributed by atoms with Crippen molar-refractivity contribution in [1.82, 2.24) is 9.88 Å². The van der Waals surface area contributed by atoms with Gasteiger partial charge in [0.05, 0.1) is 5.02 Å². The van der Waals surface area contributed by atoms with Crippen LogP contribution >= 0.6 is 23.2 Å². The SMILES string of the molecule is CN1CCC(CN(C)c2ncc(CCl)cc2Cl)C1. The molecule has 1 aliphatic heterocycles. The molecule has 1 atom stereocenters. The molecule has 1 fully saturated rings. The van der Waals surface area contributed by atoms with Crippen molar-refractivity contribution in [3.63, 3.8) is 0 Å². The topological polar surface area (TPSA) is 19.4 Å². The van der Waals surface area contributed by atoms with Crippen LogP contribution in [0.25, 0.3) is 0 Å². The first-order valence-corrected chi connectivity index (χ1v) is 7.11. The van der Waals surface area contributed by atoms with Gasteiger partial charge >= 0.3 is 0 Å². The summed E-state index contributed by atoms with van der Waals surface area (Å²) >= 11 is 12.0. The van der Waals surface area contributed by atoms with Gasteiger partial charge < -0.3 is 9.80 Å². The Hall–Kier alpha value is -0.510. The fraction of sp³-hybridized carbons (Fsp3) is 0.615. The van der Waals surface area contributed by atoms with Crippen molar-refractivity contribution >= 4 is 29.0 Å². The number of hydrogen-bond donors (Lipinski definition) is 0. The Balaban J connectivity index is 2.02. The van der Waals surface area contributed by atoms with Crippen LogP contribution in [0.1, 0.15) is 12.0 Å². The highest BCUT2D eigenvalue weighted by Crippen LogP contribution is 2.25. The number of halogens is 2. The minimum absolute atomic E-state index is 0.449. The van der Waals surface area contributed by atoms with Crippen molar-refractivity contribution in [3.8, 4) is 0 Å². The lowest BCUT2D eigenvalue weighted by molar-refractivity contribution is 0.395. The maximum atomic E-state index is 6.24. The van der Waals surface area contributed by atoms with Gasteiger partial charge in [0.15, 0.2) is 0 Å². The summed E-state index contributed by atoms with van der Waals surface area (Å²) in [5, 5.41) is 0.682. The standard InChI is InChI=1S/C13H19Cl2N3/c1-17-4-3-10(8-17)9-18(2)13-12(15)5-11(6-14)7-16-13/h5,7,10H,3-4,6,8-9H2,1-2H3. The molecule has 0 saturated carbocycles. The zero-order valence-electron chi connectivity index (χ0n) is 10.9. The van der Waals surface area contributed by atoms with E-state index in [-0.39, 0.29) is 0 Å². The normalized spacial score (nSPS) is 20.3. The molecule has 2 heterocycles. The van der Waals surface area contributed by atoms with Gasteiger partial charge in [0, 0.05) is 32.2 Å². The summed E-state index contributed by atoms with van der Waals surface area (Å²) < 4.78 is 0. The third kappa shape index (κ3) is 3.28. The van der Waals surface area contributed by atoms with E-state index in [1.165, 1.54) is 13.0 Å². The minimum atomic E-state index is 0.449. The summed E-state index contributed by atoms with van der Waals surface area (Å²) in [6.45, 7) is 3.34. The molecule has 1 aromatic heterocycles. The Labute approximate surface area is 119 Å². The molecule has 3 nitrogen and oxygen atoms in total. The Bertz CT molecular complexity index is 411. The van der Waals surface area contributed by atoms with Crippen LogP contribution in [0.15, 0.2) is 12.3 Å². The van der Waals surface area contributed by atoms with E-state index in [2.05, 4.69) is 21.8 Å². The number of likely N-dealkylation sites (tertiary alicyclic amines) is 1. The lowest BCUT2D eigenvalue weighted by atomic mass is 10.1. The maximum Gasteiger partial charge on any atom is 0.147 e. The summed E-state index contributed by atoms with van der Waals surface area (Å²) in [5.74, 6) is 2.00. The van der Waals surface area contributed by atoms with Crippen molar-refractivity contribution in [2.75, 3.05) is 38.6 Å². The van der Waals surface area contributed by atoms with Crippen LogP contribution in [0.5, 0.6) is 0 Å². The van der Waals surface area contributed by atoms with Gasteiger partial charge in [0.1, 0.15) is 5.82 Å². The van der Waals surface area contributed by atoms with Crippen molar-refractivity contribution in [2.45, 2.75) is 12.3 Å². The molecule has 2 rings (SSSR count). The summed E-state index contributed by atoms with van der Waals surface area (Å²) in [6.07, 6.45) is 3.05. The fourth-order valence-electron chi connectivity index (χ4n) is 2.47. The van der Waals surface area contributed by atoms with E-state index in [0.29, 0.717) is 16.8 Å². The molecule has 0 N–H and O–H groups in total. The van der Waals surface area contributed by atoms with Gasteiger partial charge in [-0.1, -0.05) is 11.6 Å². The maximum absolute atomic E-state index is 6.24. The van der Waals surface area contributed by atoms with Crippen LogP contribution < -0.4 is 4.90 Å². The van der Waals surface area contributed by atoms with E-state index in [4.69, 9.17) is 23.2 Å². The molecular formula is C13H19Cl2N3. The number of hydrogen-bond acceptors (Lipinski definition) is 3. The molecule has 1 unspecified atom stereocenters.